The largest absolute Gasteiger partial charge is 0.335 e. The summed E-state index contributed by atoms with van der Waals surface area (Å²) in [6.45, 7) is 4.07. The summed E-state index contributed by atoms with van der Waals surface area (Å²) in [4.78, 5) is 28.7. The first-order valence-electron chi connectivity index (χ1n) is 8.15. The second-order valence-electron chi connectivity index (χ2n) is 6.18. The van der Waals surface area contributed by atoms with Gasteiger partial charge in [-0.2, -0.15) is 11.3 Å². The maximum atomic E-state index is 12.7. The van der Waals surface area contributed by atoms with E-state index in [4.69, 9.17) is 0 Å². The van der Waals surface area contributed by atoms with Gasteiger partial charge in [0.05, 0.1) is 5.56 Å². The highest BCUT2D eigenvalue weighted by Crippen LogP contribution is 2.19. The molecule has 0 aliphatic carbocycles. The third-order valence-electron chi connectivity index (χ3n) is 4.71. The molecule has 0 spiro atoms. The molecule has 1 N–H and O–H groups in total. The van der Waals surface area contributed by atoms with Crippen molar-refractivity contribution in [1.82, 2.24) is 15.1 Å². The Kier molecular flexibility index (Phi) is 4.08. The number of amides is 2. The van der Waals surface area contributed by atoms with Crippen LogP contribution >= 0.6 is 11.3 Å². The lowest BCUT2D eigenvalue weighted by molar-refractivity contribution is 0.0536. The Morgan fingerprint density at radius 3 is 2.21 bits per heavy atom. The van der Waals surface area contributed by atoms with Crippen LogP contribution in [0.3, 0.4) is 0 Å². The van der Waals surface area contributed by atoms with Crippen LogP contribution in [0.5, 0.6) is 0 Å². The number of benzene rings is 1. The quantitative estimate of drug-likeness (QED) is 0.908. The van der Waals surface area contributed by atoms with Gasteiger partial charge in [0.2, 0.25) is 0 Å². The van der Waals surface area contributed by atoms with E-state index in [0.717, 1.165) is 24.2 Å². The lowest BCUT2D eigenvalue weighted by atomic mass is 10.1. The van der Waals surface area contributed by atoms with E-state index < -0.39 is 0 Å². The number of thiophene rings is 1. The van der Waals surface area contributed by atoms with Crippen LogP contribution in [0.25, 0.3) is 0 Å². The third kappa shape index (κ3) is 2.83. The number of fused-ring (bicyclic) bond motifs is 1. The fourth-order valence-electron chi connectivity index (χ4n) is 3.29. The molecule has 0 atom stereocenters. The molecule has 1 aromatic carbocycles. The number of piperazine rings is 1. The number of nitrogens with zero attached hydrogens (tertiary/aromatic N) is 2. The molecule has 0 unspecified atom stereocenters. The van der Waals surface area contributed by atoms with Crippen LogP contribution < -0.4 is 5.32 Å². The Balaban J connectivity index is 1.40. The molecule has 2 amide bonds. The summed E-state index contributed by atoms with van der Waals surface area (Å²) in [7, 11) is 0. The van der Waals surface area contributed by atoms with Crippen molar-refractivity contribution < 1.29 is 9.59 Å². The number of carbonyl (C=O) groups is 2. The molecule has 0 radical (unpaired) electrons. The van der Waals surface area contributed by atoms with Gasteiger partial charge in [0.15, 0.2) is 0 Å². The molecule has 2 aliphatic heterocycles. The average Bonchev–Trinajstić information content (AvgIpc) is 3.31. The zero-order valence-electron chi connectivity index (χ0n) is 13.3. The summed E-state index contributed by atoms with van der Waals surface area (Å²) in [5.41, 5.74) is 3.98. The van der Waals surface area contributed by atoms with Gasteiger partial charge in [-0.05, 0) is 34.7 Å². The Hall–Kier alpha value is -2.18. The van der Waals surface area contributed by atoms with Gasteiger partial charge < -0.3 is 15.1 Å². The third-order valence-corrected chi connectivity index (χ3v) is 5.39. The maximum Gasteiger partial charge on any atom is 0.254 e. The topological polar surface area (TPSA) is 52.7 Å². The number of carbonyl (C=O) groups excluding carboxylic acids is 2. The molecule has 3 heterocycles. The lowest BCUT2D eigenvalue weighted by Crippen LogP contribution is -2.50. The van der Waals surface area contributed by atoms with Gasteiger partial charge in [-0.1, -0.05) is 6.07 Å². The SMILES string of the molecule is O=C(c1ccsc1)N1CCN(C(=O)c2ccc3c(c2)CNC3)CC1. The molecule has 0 bridgehead atoms. The molecule has 2 aromatic rings. The van der Waals surface area contributed by atoms with E-state index in [1.54, 1.807) is 0 Å². The van der Waals surface area contributed by atoms with Gasteiger partial charge in [-0.25, -0.2) is 0 Å². The smallest absolute Gasteiger partial charge is 0.254 e. The molecule has 24 heavy (non-hydrogen) atoms. The second kappa shape index (κ2) is 6.37. The van der Waals surface area contributed by atoms with Gasteiger partial charge >= 0.3 is 0 Å². The Bertz CT molecular complexity index is 765. The van der Waals surface area contributed by atoms with E-state index in [0.29, 0.717) is 26.2 Å². The highest BCUT2D eigenvalue weighted by Gasteiger charge is 2.26. The van der Waals surface area contributed by atoms with Crippen LogP contribution in [-0.2, 0) is 13.1 Å². The van der Waals surface area contributed by atoms with E-state index >= 15 is 0 Å². The van der Waals surface area contributed by atoms with E-state index in [9.17, 15) is 9.59 Å². The first-order valence-corrected chi connectivity index (χ1v) is 9.10. The zero-order chi connectivity index (χ0) is 16.5. The molecule has 1 saturated heterocycles. The summed E-state index contributed by atoms with van der Waals surface area (Å²) in [6, 6.07) is 7.81. The molecule has 2 aliphatic rings. The molecule has 6 heteroatoms. The number of hydrogen-bond acceptors (Lipinski definition) is 4. The Labute approximate surface area is 144 Å². The van der Waals surface area contributed by atoms with Crippen LogP contribution in [0.15, 0.2) is 35.0 Å². The molecule has 4 rings (SSSR count). The average molecular weight is 341 g/mol. The summed E-state index contributed by atoms with van der Waals surface area (Å²) in [5, 5.41) is 7.08. The molecular weight excluding hydrogens is 322 g/mol. The minimum absolute atomic E-state index is 0.0620. The van der Waals surface area contributed by atoms with Crippen molar-refractivity contribution in [2.24, 2.45) is 0 Å². The van der Waals surface area contributed by atoms with Crippen molar-refractivity contribution in [3.63, 3.8) is 0 Å². The van der Waals surface area contributed by atoms with Gasteiger partial charge in [0.1, 0.15) is 0 Å². The highest BCUT2D eigenvalue weighted by molar-refractivity contribution is 7.08. The van der Waals surface area contributed by atoms with Gasteiger partial charge in [0, 0.05) is 50.2 Å². The standard InChI is InChI=1S/C18H19N3O2S/c22-17(13-1-2-14-10-19-11-16(14)9-13)20-4-6-21(7-5-20)18(23)15-3-8-24-12-15/h1-3,8-9,12,19H,4-7,10-11H2. The van der Waals surface area contributed by atoms with Gasteiger partial charge in [-0.3, -0.25) is 9.59 Å². The summed E-state index contributed by atoms with van der Waals surface area (Å²) >= 11 is 1.53. The number of hydrogen-bond donors (Lipinski definition) is 1. The van der Waals surface area contributed by atoms with Crippen LogP contribution in [-0.4, -0.2) is 47.8 Å². The van der Waals surface area contributed by atoms with Crippen LogP contribution in [0.2, 0.25) is 0 Å². The van der Waals surface area contributed by atoms with Crippen molar-refractivity contribution in [2.75, 3.05) is 26.2 Å². The molecule has 1 fully saturated rings. The summed E-state index contributed by atoms with van der Waals surface area (Å²) in [6.07, 6.45) is 0. The Morgan fingerprint density at radius 2 is 1.54 bits per heavy atom. The highest BCUT2D eigenvalue weighted by atomic mass is 32.1. The van der Waals surface area contributed by atoms with Crippen molar-refractivity contribution in [3.8, 4) is 0 Å². The lowest BCUT2D eigenvalue weighted by Gasteiger charge is -2.34. The van der Waals surface area contributed by atoms with Gasteiger partial charge in [0.25, 0.3) is 11.8 Å². The van der Waals surface area contributed by atoms with E-state index in [1.165, 1.54) is 22.5 Å². The van der Waals surface area contributed by atoms with E-state index in [-0.39, 0.29) is 11.8 Å². The van der Waals surface area contributed by atoms with Crippen LogP contribution in [0, 0.1) is 0 Å². The zero-order valence-corrected chi connectivity index (χ0v) is 14.1. The number of rotatable bonds is 2. The van der Waals surface area contributed by atoms with Crippen molar-refractivity contribution in [3.05, 3.63) is 57.3 Å². The van der Waals surface area contributed by atoms with Gasteiger partial charge in [-0.15, -0.1) is 0 Å². The normalized spacial score (nSPS) is 17.0. The first-order chi connectivity index (χ1) is 11.7. The van der Waals surface area contributed by atoms with Crippen molar-refractivity contribution in [2.45, 2.75) is 13.1 Å². The first kappa shape index (κ1) is 15.4. The van der Waals surface area contributed by atoms with Crippen molar-refractivity contribution >= 4 is 23.2 Å². The van der Waals surface area contributed by atoms with E-state index in [2.05, 4.69) is 5.32 Å². The maximum absolute atomic E-state index is 12.7. The molecule has 124 valence electrons. The van der Waals surface area contributed by atoms with Crippen LogP contribution in [0.1, 0.15) is 31.8 Å². The predicted octanol–water partition coefficient (Wildman–Crippen LogP) is 1.95. The molecule has 1 aromatic heterocycles. The fraction of sp³-hybridized carbons (Fsp3) is 0.333. The monoisotopic (exact) mass is 341 g/mol. The summed E-state index contributed by atoms with van der Waals surface area (Å²) < 4.78 is 0. The van der Waals surface area contributed by atoms with Crippen LogP contribution in [0.4, 0.5) is 0 Å². The Morgan fingerprint density at radius 1 is 0.875 bits per heavy atom. The molecule has 5 nitrogen and oxygen atoms in total. The molecular formula is C18H19N3O2S. The number of nitrogens with one attached hydrogen (secondary N) is 1. The predicted molar refractivity (Wildman–Crippen MR) is 93.1 cm³/mol. The minimum Gasteiger partial charge on any atom is -0.335 e. The van der Waals surface area contributed by atoms with Crippen molar-refractivity contribution in [1.29, 1.82) is 0 Å². The second-order valence-corrected chi connectivity index (χ2v) is 6.96. The van der Waals surface area contributed by atoms with E-state index in [1.807, 2.05) is 44.8 Å². The summed E-state index contributed by atoms with van der Waals surface area (Å²) in [5.74, 6) is 0.124. The minimum atomic E-state index is 0.0620. The molecule has 0 saturated carbocycles. The fourth-order valence-corrected chi connectivity index (χ4v) is 3.92.